The zero-order valence-corrected chi connectivity index (χ0v) is 35.7. The summed E-state index contributed by atoms with van der Waals surface area (Å²) in [6.07, 6.45) is 7.03. The molecule has 2 aromatic rings. The van der Waals surface area contributed by atoms with Crippen LogP contribution in [0.5, 0.6) is 11.5 Å². The van der Waals surface area contributed by atoms with Gasteiger partial charge in [-0.15, -0.1) is 0 Å². The minimum atomic E-state index is -1.46. The summed E-state index contributed by atoms with van der Waals surface area (Å²) in [6.45, 7) is 30.8. The Kier molecular flexibility index (Phi) is 18.9. The number of benzene rings is 2. The van der Waals surface area contributed by atoms with Gasteiger partial charge >= 0.3 is 0 Å². The van der Waals surface area contributed by atoms with E-state index < -0.39 is 6.16 Å². The summed E-state index contributed by atoms with van der Waals surface area (Å²) < 4.78 is 8.56. The third kappa shape index (κ3) is 15.6. The summed E-state index contributed by atoms with van der Waals surface area (Å²) in [5.41, 5.74) is 5.39. The number of carbonyl (C=O) groups is 1. The first-order chi connectivity index (χ1) is 22.9. The molecule has 2 N–H and O–H groups in total. The molecule has 1 heterocycles. The van der Waals surface area contributed by atoms with E-state index in [2.05, 4.69) is 119 Å². The topological polar surface area (TPSA) is 127 Å². The molecule has 1 saturated carbocycles. The van der Waals surface area contributed by atoms with Crippen molar-refractivity contribution in [2.75, 3.05) is 13.2 Å². The first-order valence-electron chi connectivity index (χ1n) is 18.1. The number of hydrogen-bond donors (Lipinski definition) is 2. The number of hydrogen-bond acceptors (Lipinski definition) is 8. The molecule has 4 rings (SSSR count). The van der Waals surface area contributed by atoms with Crippen LogP contribution in [0.3, 0.4) is 0 Å². The number of aliphatic imine (C=N–C) groups is 2. The van der Waals surface area contributed by atoms with E-state index in [0.717, 1.165) is 54.5 Å². The van der Waals surface area contributed by atoms with Gasteiger partial charge in [-0.2, -0.15) is 0 Å². The van der Waals surface area contributed by atoms with Crippen molar-refractivity contribution in [1.29, 1.82) is 0 Å². The summed E-state index contributed by atoms with van der Waals surface area (Å²) in [4.78, 5) is 19.3. The second-order valence-electron chi connectivity index (χ2n) is 17.7. The number of epoxide rings is 1. The molecule has 1 aliphatic carbocycles. The number of carboxylic acid groups (broad SMARTS) is 1. The van der Waals surface area contributed by atoms with Crippen LogP contribution < -0.4 is 5.11 Å². The molecule has 1 aliphatic heterocycles. The number of phenolic OH excluding ortho intramolecular Hbond substituents is 2. The summed E-state index contributed by atoms with van der Waals surface area (Å²) in [7, 11) is 0. The van der Waals surface area contributed by atoms with Crippen LogP contribution >= 0.6 is 0 Å². The largest absolute Gasteiger partial charge is 0.550 e. The monoisotopic (exact) mass is 767 g/mol. The minimum Gasteiger partial charge on any atom is -0.550 e. The van der Waals surface area contributed by atoms with E-state index >= 15 is 0 Å². The SMILES string of the molecule is CC(C)(C)c1cc(C=N[C@H]2CCCC[C@@H]2N=Cc2cc(C(C)(C)C)cc(C(C)(C)C)c2O)c(O)c(C(C)(C)C)c1.CC1CO1.CCOC(=O)[O-].[CH3-].[Co]. The van der Waals surface area contributed by atoms with E-state index in [-0.39, 0.29) is 64.6 Å². The van der Waals surface area contributed by atoms with Gasteiger partial charge in [0, 0.05) is 58.1 Å². The van der Waals surface area contributed by atoms with E-state index in [9.17, 15) is 20.1 Å². The van der Waals surface area contributed by atoms with Crippen LogP contribution in [0.25, 0.3) is 0 Å². The van der Waals surface area contributed by atoms with Crippen LogP contribution in [0.4, 0.5) is 4.79 Å². The predicted octanol–water partition coefficient (Wildman–Crippen LogP) is 9.36. The second-order valence-corrected chi connectivity index (χ2v) is 17.7. The van der Waals surface area contributed by atoms with E-state index in [1.165, 1.54) is 11.1 Å². The Hall–Kier alpha value is -2.88. The fourth-order valence-electron chi connectivity index (χ4n) is 5.53. The van der Waals surface area contributed by atoms with E-state index in [1.54, 1.807) is 6.92 Å². The van der Waals surface area contributed by atoms with Crippen molar-refractivity contribution in [2.45, 2.75) is 162 Å². The van der Waals surface area contributed by atoms with Gasteiger partial charge in [0.15, 0.2) is 0 Å². The van der Waals surface area contributed by atoms with Crippen molar-refractivity contribution < 1.29 is 46.4 Å². The van der Waals surface area contributed by atoms with Crippen molar-refractivity contribution in [3.63, 3.8) is 0 Å². The molecule has 297 valence electrons. The number of aromatic hydroxyl groups is 2. The van der Waals surface area contributed by atoms with Gasteiger partial charge in [0.2, 0.25) is 0 Å². The Morgan fingerprint density at radius 1 is 0.769 bits per heavy atom. The first-order valence-corrected chi connectivity index (χ1v) is 18.1. The predicted molar refractivity (Wildman–Crippen MR) is 211 cm³/mol. The average Bonchev–Trinajstić information content (AvgIpc) is 3.76. The molecule has 0 bridgehead atoms. The summed E-state index contributed by atoms with van der Waals surface area (Å²) >= 11 is 0. The van der Waals surface area contributed by atoms with Gasteiger partial charge in [-0.05, 0) is 71.6 Å². The van der Waals surface area contributed by atoms with Gasteiger partial charge in [-0.3, -0.25) is 9.98 Å². The first kappa shape index (κ1) is 49.1. The standard InChI is InChI=1S/C36H54N2O2.C3H6O3.C3H6O.CH3.Co/c1-33(2,3)25-17-23(31(39)27(19-25)35(7,8)9)21-37-29-15-13-14-16-30(29)38-22-24-18-26(34(4,5)6)20-28(32(24)40)36(10,11)12;1-2-6-3(4)5;1-3-2-4-3;;/h17-22,29-30,39-40H,13-16H2,1-12H3;2H2,1H3,(H,4,5);3H,2H2,1H3;1H3;/q;;;-1;/p-1/t29-,30-;;;;/m0..../s1. The number of rotatable bonds is 5. The Labute approximate surface area is 326 Å². The molecule has 1 radical (unpaired) electrons. The van der Waals surface area contributed by atoms with Gasteiger partial charge in [-0.25, -0.2) is 0 Å². The zero-order chi connectivity index (χ0) is 38.2. The minimum absolute atomic E-state index is 0. The number of phenols is 2. The van der Waals surface area contributed by atoms with Crippen LogP contribution in [0.15, 0.2) is 34.3 Å². The molecule has 1 unspecified atom stereocenters. The maximum Gasteiger partial charge on any atom is 0.251 e. The molecular weight excluding hydrogens is 699 g/mol. The molecule has 0 amide bonds. The van der Waals surface area contributed by atoms with E-state index in [4.69, 9.17) is 14.7 Å². The van der Waals surface area contributed by atoms with Gasteiger partial charge in [0.25, 0.3) is 6.16 Å². The molecule has 2 aliphatic rings. The molecule has 2 aromatic carbocycles. The molecule has 9 heteroatoms. The van der Waals surface area contributed by atoms with Gasteiger partial charge < -0.3 is 37.0 Å². The van der Waals surface area contributed by atoms with Crippen molar-refractivity contribution in [2.24, 2.45) is 9.98 Å². The molecular formula is C43H68CoN2O6-2. The molecule has 0 spiro atoms. The molecule has 0 aromatic heterocycles. The molecule has 3 atom stereocenters. The molecule has 2 fully saturated rings. The van der Waals surface area contributed by atoms with Crippen molar-refractivity contribution >= 4 is 18.6 Å². The molecule has 1 saturated heterocycles. The van der Waals surface area contributed by atoms with Gasteiger partial charge in [-0.1, -0.05) is 108 Å². The Morgan fingerprint density at radius 2 is 1.10 bits per heavy atom. The smallest absolute Gasteiger partial charge is 0.251 e. The second kappa shape index (κ2) is 20.0. The molecule has 8 nitrogen and oxygen atoms in total. The number of ether oxygens (including phenoxy) is 2. The number of nitrogens with zero attached hydrogens (tertiary/aromatic N) is 2. The molecule has 52 heavy (non-hydrogen) atoms. The zero-order valence-electron chi connectivity index (χ0n) is 34.7. The fraction of sp³-hybridized carbons (Fsp3) is 0.628. The maximum atomic E-state index is 11.2. The van der Waals surface area contributed by atoms with Crippen molar-refractivity contribution in [3.8, 4) is 11.5 Å². The van der Waals surface area contributed by atoms with E-state index in [0.29, 0.717) is 17.6 Å². The normalized spacial score (nSPS) is 19.0. The van der Waals surface area contributed by atoms with Crippen molar-refractivity contribution in [3.05, 3.63) is 65.1 Å². The van der Waals surface area contributed by atoms with Crippen LogP contribution in [0, 0.1) is 7.43 Å². The third-order valence-electron chi connectivity index (χ3n) is 8.89. The Balaban J connectivity index is 0.00000188. The van der Waals surface area contributed by atoms with Gasteiger partial charge in [0.1, 0.15) is 11.5 Å². The van der Waals surface area contributed by atoms with Crippen LogP contribution in [-0.2, 0) is 47.9 Å². The number of carbonyl (C=O) groups excluding carboxylic acids is 1. The maximum absolute atomic E-state index is 11.2. The van der Waals surface area contributed by atoms with E-state index in [1.807, 2.05) is 12.4 Å². The Morgan fingerprint density at radius 3 is 1.31 bits per heavy atom. The van der Waals surface area contributed by atoms with Crippen molar-refractivity contribution in [1.82, 2.24) is 0 Å². The van der Waals surface area contributed by atoms with Crippen LogP contribution in [-0.4, -0.2) is 60.2 Å². The van der Waals surface area contributed by atoms with Gasteiger partial charge in [0.05, 0.1) is 24.8 Å². The van der Waals surface area contributed by atoms with Crippen LogP contribution in [0.1, 0.15) is 156 Å². The Bertz CT molecular complexity index is 1390. The summed E-state index contributed by atoms with van der Waals surface area (Å²) in [5, 5.41) is 31.7. The average molecular weight is 768 g/mol. The summed E-state index contributed by atoms with van der Waals surface area (Å²) in [5.74, 6) is 0.637. The van der Waals surface area contributed by atoms with Crippen LogP contribution in [0.2, 0.25) is 0 Å². The quantitative estimate of drug-likeness (QED) is 0.135. The third-order valence-corrected chi connectivity index (χ3v) is 8.89. The summed E-state index contributed by atoms with van der Waals surface area (Å²) in [6, 6.07) is 8.53. The fourth-order valence-corrected chi connectivity index (χ4v) is 5.53.